The van der Waals surface area contributed by atoms with Crippen LogP contribution in [0.2, 0.25) is 5.02 Å². The molecule has 2 rings (SSSR count). The van der Waals surface area contributed by atoms with Crippen LogP contribution in [0.25, 0.3) is 0 Å². The molecule has 4 heteroatoms. The van der Waals surface area contributed by atoms with Crippen LogP contribution in [0.3, 0.4) is 0 Å². The summed E-state index contributed by atoms with van der Waals surface area (Å²) in [6.07, 6.45) is 2.99. The molecule has 1 N–H and O–H groups in total. The largest absolute Gasteiger partial charge is 0.457 e. The number of hydrogen-bond acceptors (Lipinski definition) is 3. The monoisotopic (exact) mass is 375 g/mol. The Balaban J connectivity index is 1.97. The van der Waals surface area contributed by atoms with Gasteiger partial charge in [-0.3, -0.25) is 0 Å². The Bertz CT molecular complexity index is 647. The first-order chi connectivity index (χ1) is 12.4. The van der Waals surface area contributed by atoms with Gasteiger partial charge in [-0.2, -0.15) is 0 Å². The Morgan fingerprint density at radius 1 is 0.885 bits per heavy atom. The zero-order chi connectivity index (χ0) is 19.0. The molecule has 0 bridgehead atoms. The molecule has 0 aliphatic rings. The van der Waals surface area contributed by atoms with Gasteiger partial charge >= 0.3 is 0 Å². The van der Waals surface area contributed by atoms with Gasteiger partial charge in [0.05, 0.1) is 5.60 Å². The molecule has 0 aromatic heterocycles. The van der Waals surface area contributed by atoms with E-state index in [0.29, 0.717) is 11.4 Å². The standard InChI is InChI=1S/C22H30ClNO2/c1-4-15-24(16-5-2)17-14-22(3,25)18-6-10-20(11-7-18)26-21-12-8-19(23)9-13-21/h6-13,25H,4-5,14-17H2,1-3H3. The number of ether oxygens (including phenoxy) is 1. The second-order valence-corrected chi connectivity index (χ2v) is 7.38. The normalized spacial score (nSPS) is 13.6. The van der Waals surface area contributed by atoms with E-state index in [9.17, 15) is 5.11 Å². The van der Waals surface area contributed by atoms with Crippen molar-refractivity contribution >= 4 is 11.6 Å². The summed E-state index contributed by atoms with van der Waals surface area (Å²) in [6.45, 7) is 9.34. The first-order valence-corrected chi connectivity index (χ1v) is 9.81. The molecule has 0 heterocycles. The van der Waals surface area contributed by atoms with Gasteiger partial charge in [0.2, 0.25) is 0 Å². The Labute approximate surface area is 162 Å². The van der Waals surface area contributed by atoms with E-state index in [-0.39, 0.29) is 0 Å². The second-order valence-electron chi connectivity index (χ2n) is 6.95. The number of rotatable bonds is 10. The third kappa shape index (κ3) is 6.31. The van der Waals surface area contributed by atoms with Crippen LogP contribution in [0.1, 0.15) is 45.6 Å². The summed E-state index contributed by atoms with van der Waals surface area (Å²) in [5.41, 5.74) is 0.0623. The average molecular weight is 376 g/mol. The summed E-state index contributed by atoms with van der Waals surface area (Å²) in [6, 6.07) is 14.9. The lowest BCUT2D eigenvalue weighted by atomic mass is 9.92. The highest BCUT2D eigenvalue weighted by Gasteiger charge is 2.23. The van der Waals surface area contributed by atoms with Crippen molar-refractivity contribution in [1.82, 2.24) is 4.90 Å². The number of aliphatic hydroxyl groups is 1. The van der Waals surface area contributed by atoms with Crippen molar-refractivity contribution in [2.75, 3.05) is 19.6 Å². The molecule has 0 radical (unpaired) electrons. The van der Waals surface area contributed by atoms with Crippen LogP contribution in [0, 0.1) is 0 Å². The van der Waals surface area contributed by atoms with Gasteiger partial charge in [-0.25, -0.2) is 0 Å². The van der Waals surface area contributed by atoms with Gasteiger partial charge < -0.3 is 14.7 Å². The Kier molecular flexibility index (Phi) is 7.95. The smallest absolute Gasteiger partial charge is 0.127 e. The van der Waals surface area contributed by atoms with Gasteiger partial charge in [0, 0.05) is 11.6 Å². The van der Waals surface area contributed by atoms with E-state index >= 15 is 0 Å². The van der Waals surface area contributed by atoms with Crippen LogP contribution in [0.15, 0.2) is 48.5 Å². The zero-order valence-electron chi connectivity index (χ0n) is 16.0. The van der Waals surface area contributed by atoms with E-state index in [1.807, 2.05) is 43.3 Å². The minimum Gasteiger partial charge on any atom is -0.457 e. The number of halogens is 1. The average Bonchev–Trinajstić information content (AvgIpc) is 2.63. The van der Waals surface area contributed by atoms with Gasteiger partial charge in [-0.15, -0.1) is 0 Å². The Morgan fingerprint density at radius 2 is 1.38 bits per heavy atom. The molecule has 0 aliphatic heterocycles. The summed E-state index contributed by atoms with van der Waals surface area (Å²) in [5.74, 6) is 1.48. The van der Waals surface area contributed by atoms with Crippen molar-refractivity contribution in [3.05, 3.63) is 59.1 Å². The molecule has 26 heavy (non-hydrogen) atoms. The maximum Gasteiger partial charge on any atom is 0.127 e. The van der Waals surface area contributed by atoms with E-state index in [0.717, 1.165) is 49.5 Å². The molecule has 2 aromatic carbocycles. The highest BCUT2D eigenvalue weighted by atomic mass is 35.5. The molecule has 0 saturated heterocycles. The lowest BCUT2D eigenvalue weighted by Gasteiger charge is -2.28. The third-order valence-corrected chi connectivity index (χ3v) is 4.77. The van der Waals surface area contributed by atoms with Crippen molar-refractivity contribution < 1.29 is 9.84 Å². The molecule has 2 aromatic rings. The molecule has 0 aliphatic carbocycles. The lowest BCUT2D eigenvalue weighted by Crippen LogP contribution is -2.32. The third-order valence-electron chi connectivity index (χ3n) is 4.52. The van der Waals surface area contributed by atoms with Crippen molar-refractivity contribution in [3.63, 3.8) is 0 Å². The van der Waals surface area contributed by atoms with E-state index < -0.39 is 5.60 Å². The van der Waals surface area contributed by atoms with Crippen molar-refractivity contribution in [3.8, 4) is 11.5 Å². The molecular formula is C22H30ClNO2. The fraction of sp³-hybridized carbons (Fsp3) is 0.455. The van der Waals surface area contributed by atoms with E-state index in [1.54, 1.807) is 12.1 Å². The summed E-state index contributed by atoms with van der Waals surface area (Å²) in [7, 11) is 0. The summed E-state index contributed by atoms with van der Waals surface area (Å²) in [5, 5.41) is 11.6. The van der Waals surface area contributed by atoms with E-state index in [2.05, 4.69) is 18.7 Å². The molecule has 0 amide bonds. The number of nitrogens with zero attached hydrogens (tertiary/aromatic N) is 1. The SMILES string of the molecule is CCCN(CCC)CCC(C)(O)c1ccc(Oc2ccc(Cl)cc2)cc1. The van der Waals surface area contributed by atoms with Crippen LogP contribution in [-0.2, 0) is 5.60 Å². The van der Waals surface area contributed by atoms with Crippen LogP contribution in [0.5, 0.6) is 11.5 Å². The minimum atomic E-state index is -0.849. The number of hydrogen-bond donors (Lipinski definition) is 1. The molecule has 1 unspecified atom stereocenters. The van der Waals surface area contributed by atoms with Crippen molar-refractivity contribution in [2.24, 2.45) is 0 Å². The minimum absolute atomic E-state index is 0.684. The van der Waals surface area contributed by atoms with Crippen LogP contribution in [0.4, 0.5) is 0 Å². The van der Waals surface area contributed by atoms with Gasteiger partial charge in [-0.05, 0) is 81.2 Å². The summed E-state index contributed by atoms with van der Waals surface area (Å²) < 4.78 is 5.81. The van der Waals surface area contributed by atoms with Gasteiger partial charge in [0.15, 0.2) is 0 Å². The van der Waals surface area contributed by atoms with Crippen molar-refractivity contribution in [2.45, 2.75) is 45.6 Å². The van der Waals surface area contributed by atoms with E-state index in [4.69, 9.17) is 16.3 Å². The van der Waals surface area contributed by atoms with E-state index in [1.165, 1.54) is 0 Å². The Hall–Kier alpha value is -1.55. The maximum atomic E-state index is 10.9. The molecule has 142 valence electrons. The van der Waals surface area contributed by atoms with Crippen LogP contribution in [-0.4, -0.2) is 29.6 Å². The fourth-order valence-corrected chi connectivity index (χ4v) is 3.13. The molecule has 0 saturated carbocycles. The first kappa shape index (κ1) is 20.8. The predicted molar refractivity (Wildman–Crippen MR) is 109 cm³/mol. The maximum absolute atomic E-state index is 10.9. The molecule has 1 atom stereocenters. The molecular weight excluding hydrogens is 346 g/mol. The highest BCUT2D eigenvalue weighted by molar-refractivity contribution is 6.30. The van der Waals surface area contributed by atoms with Gasteiger partial charge in [0.1, 0.15) is 11.5 Å². The number of benzene rings is 2. The molecule has 0 fully saturated rings. The predicted octanol–water partition coefficient (Wildman–Crippen LogP) is 5.85. The van der Waals surface area contributed by atoms with Crippen molar-refractivity contribution in [1.29, 1.82) is 0 Å². The summed E-state index contributed by atoms with van der Waals surface area (Å²) >= 11 is 5.89. The zero-order valence-corrected chi connectivity index (χ0v) is 16.8. The summed E-state index contributed by atoms with van der Waals surface area (Å²) in [4.78, 5) is 2.42. The molecule has 3 nitrogen and oxygen atoms in total. The quantitative estimate of drug-likeness (QED) is 0.565. The second kappa shape index (κ2) is 9.96. The Morgan fingerprint density at radius 3 is 1.88 bits per heavy atom. The highest BCUT2D eigenvalue weighted by Crippen LogP contribution is 2.29. The topological polar surface area (TPSA) is 32.7 Å². The van der Waals surface area contributed by atoms with Crippen LogP contribution >= 0.6 is 11.6 Å². The first-order valence-electron chi connectivity index (χ1n) is 9.43. The fourth-order valence-electron chi connectivity index (χ4n) is 3.01. The van der Waals surface area contributed by atoms with Crippen LogP contribution < -0.4 is 4.74 Å². The molecule has 0 spiro atoms. The van der Waals surface area contributed by atoms with Gasteiger partial charge in [-0.1, -0.05) is 37.6 Å². The lowest BCUT2D eigenvalue weighted by molar-refractivity contribution is 0.0358. The van der Waals surface area contributed by atoms with Gasteiger partial charge in [0.25, 0.3) is 0 Å².